The van der Waals surface area contributed by atoms with Crippen LogP contribution in [0.4, 0.5) is 11.4 Å². The van der Waals surface area contributed by atoms with Crippen molar-refractivity contribution in [1.82, 2.24) is 4.98 Å². The molecule has 1 unspecified atom stereocenters. The Kier molecular flexibility index (Phi) is 2.09. The predicted octanol–water partition coefficient (Wildman–Crippen LogP) is 1.33. The number of hydroxylamine groups is 1. The van der Waals surface area contributed by atoms with E-state index in [1.807, 2.05) is 36.2 Å². The second-order valence-electron chi connectivity index (χ2n) is 3.81. The summed E-state index contributed by atoms with van der Waals surface area (Å²) >= 11 is 2.45. The molecule has 0 saturated carbocycles. The molecular weight excluding hydrogens is 265 g/mol. The van der Waals surface area contributed by atoms with E-state index < -0.39 is 0 Å². The normalized spacial score (nSPS) is 19.3. The third kappa shape index (κ3) is 1.17. The summed E-state index contributed by atoms with van der Waals surface area (Å²) in [5.74, 6) is 0. The van der Waals surface area contributed by atoms with E-state index in [-0.39, 0.29) is 4.95 Å². The molecule has 2 aromatic rings. The molecule has 0 saturated heterocycles. The van der Waals surface area contributed by atoms with Crippen LogP contribution in [-0.4, -0.2) is 39.0 Å². The van der Waals surface area contributed by atoms with Crippen LogP contribution in [0.5, 0.6) is 0 Å². The van der Waals surface area contributed by atoms with Crippen LogP contribution in [0.15, 0.2) is 30.5 Å². The predicted molar refractivity (Wildman–Crippen MR) is 64.0 cm³/mol. The summed E-state index contributed by atoms with van der Waals surface area (Å²) in [7, 11) is 1.96. The topological polar surface area (TPSA) is 39.6 Å². The summed E-state index contributed by atoms with van der Waals surface area (Å²) in [6.07, 6.45) is 1.76. The van der Waals surface area contributed by atoms with Gasteiger partial charge in [0.25, 0.3) is 0 Å². The van der Waals surface area contributed by atoms with Gasteiger partial charge in [0.05, 0.1) is 0 Å². The fraction of sp³-hybridized carbons (Fsp3) is 0.182. The number of aromatic nitrogens is 1. The Balaban J connectivity index is 2.36. The molecule has 2 heterocycles. The summed E-state index contributed by atoms with van der Waals surface area (Å²) in [5.41, 5.74) is 2.75. The number of pyridine rings is 1. The standard InChI is InChI=1S/C11H10AsN3O/c1-14-9-5-4-8-7(3-2-6-13-8)10(9)15(16)11(14)12/h2-6,11,16H,1H3. The van der Waals surface area contributed by atoms with E-state index in [1.165, 1.54) is 5.06 Å². The molecule has 16 heavy (non-hydrogen) atoms. The monoisotopic (exact) mass is 275 g/mol. The minimum atomic E-state index is -0.103. The minimum absolute atomic E-state index is 0.103. The van der Waals surface area contributed by atoms with Gasteiger partial charge < -0.3 is 0 Å². The van der Waals surface area contributed by atoms with Gasteiger partial charge in [-0.25, -0.2) is 0 Å². The Hall–Kier alpha value is -1.25. The van der Waals surface area contributed by atoms with Crippen molar-refractivity contribution >= 4 is 39.1 Å². The van der Waals surface area contributed by atoms with Gasteiger partial charge in [-0.15, -0.1) is 0 Å². The Morgan fingerprint density at radius 2 is 2.19 bits per heavy atom. The van der Waals surface area contributed by atoms with Crippen LogP contribution in [-0.2, 0) is 0 Å². The number of rotatable bonds is 0. The van der Waals surface area contributed by atoms with Crippen molar-refractivity contribution in [2.45, 2.75) is 4.95 Å². The van der Waals surface area contributed by atoms with E-state index in [9.17, 15) is 5.21 Å². The third-order valence-electron chi connectivity index (χ3n) is 2.91. The van der Waals surface area contributed by atoms with Gasteiger partial charge in [-0.2, -0.15) is 0 Å². The second-order valence-corrected chi connectivity index (χ2v) is 4.77. The molecular formula is C11H10AsN3O. The number of hydrogen-bond acceptors (Lipinski definition) is 4. The van der Waals surface area contributed by atoms with Crippen LogP contribution < -0.4 is 9.96 Å². The Labute approximate surface area is 102 Å². The van der Waals surface area contributed by atoms with E-state index in [2.05, 4.69) is 21.8 Å². The zero-order valence-electron chi connectivity index (χ0n) is 8.70. The van der Waals surface area contributed by atoms with Crippen LogP contribution in [0.25, 0.3) is 10.9 Å². The zero-order chi connectivity index (χ0) is 11.3. The molecule has 3 rings (SSSR count). The number of nitrogens with zero attached hydrogens (tertiary/aromatic N) is 3. The third-order valence-corrected chi connectivity index (χ3v) is 4.10. The van der Waals surface area contributed by atoms with Gasteiger partial charge in [-0.05, 0) is 0 Å². The summed E-state index contributed by atoms with van der Waals surface area (Å²) in [6.45, 7) is 0. The van der Waals surface area contributed by atoms with Crippen molar-refractivity contribution in [2.24, 2.45) is 0 Å². The molecule has 0 amide bonds. The quantitative estimate of drug-likeness (QED) is 0.736. The molecule has 1 aromatic heterocycles. The van der Waals surface area contributed by atoms with E-state index in [0.717, 1.165) is 22.3 Å². The molecule has 5 heteroatoms. The Morgan fingerprint density at radius 1 is 1.38 bits per heavy atom. The van der Waals surface area contributed by atoms with Gasteiger partial charge in [0.15, 0.2) is 0 Å². The fourth-order valence-corrected chi connectivity index (χ4v) is 2.56. The maximum absolute atomic E-state index is 10.1. The number of hydrogen-bond donors (Lipinski definition) is 1. The molecule has 0 fully saturated rings. The van der Waals surface area contributed by atoms with Crippen molar-refractivity contribution in [3.8, 4) is 0 Å². The van der Waals surface area contributed by atoms with E-state index >= 15 is 0 Å². The van der Waals surface area contributed by atoms with Crippen molar-refractivity contribution in [2.75, 3.05) is 17.0 Å². The summed E-state index contributed by atoms with van der Waals surface area (Å²) < 4.78 is 0. The zero-order valence-corrected chi connectivity index (χ0v) is 10.6. The van der Waals surface area contributed by atoms with E-state index in [0.29, 0.717) is 0 Å². The molecule has 0 spiro atoms. The molecule has 0 aliphatic carbocycles. The average molecular weight is 275 g/mol. The van der Waals surface area contributed by atoms with Gasteiger partial charge in [-0.1, -0.05) is 0 Å². The van der Waals surface area contributed by atoms with Crippen molar-refractivity contribution in [3.63, 3.8) is 0 Å². The van der Waals surface area contributed by atoms with Gasteiger partial charge in [0.2, 0.25) is 0 Å². The second kappa shape index (κ2) is 3.37. The fourth-order valence-electron chi connectivity index (χ4n) is 2.05. The summed E-state index contributed by atoms with van der Waals surface area (Å²) in [6, 6.07) is 7.82. The van der Waals surface area contributed by atoms with Gasteiger partial charge >= 0.3 is 102 Å². The van der Waals surface area contributed by atoms with Crippen LogP contribution in [0.2, 0.25) is 0 Å². The van der Waals surface area contributed by atoms with Crippen molar-refractivity contribution in [1.29, 1.82) is 0 Å². The first kappa shape index (κ1) is 9.94. The van der Waals surface area contributed by atoms with Crippen LogP contribution in [0.3, 0.4) is 0 Å². The SMILES string of the molecule is CN1c2ccc3ncccc3c2N(O)C1[As]. The van der Waals surface area contributed by atoms with Crippen LogP contribution >= 0.6 is 0 Å². The van der Waals surface area contributed by atoms with E-state index in [4.69, 9.17) is 0 Å². The average Bonchev–Trinajstić information content (AvgIpc) is 2.55. The molecule has 1 N–H and O–H groups in total. The molecule has 1 aliphatic rings. The first-order valence-electron chi connectivity index (χ1n) is 4.97. The molecule has 80 valence electrons. The van der Waals surface area contributed by atoms with Crippen LogP contribution in [0, 0.1) is 0 Å². The molecule has 4 nitrogen and oxygen atoms in total. The molecule has 1 aromatic carbocycles. The Bertz CT molecular complexity index is 560. The first-order valence-corrected chi connectivity index (χ1v) is 6.05. The molecule has 0 bridgehead atoms. The molecule has 1 atom stereocenters. The van der Waals surface area contributed by atoms with Gasteiger partial charge in [0, 0.05) is 0 Å². The number of fused-ring (bicyclic) bond motifs is 3. The first-order chi connectivity index (χ1) is 7.70. The van der Waals surface area contributed by atoms with Gasteiger partial charge in [0.1, 0.15) is 0 Å². The maximum atomic E-state index is 10.1. The Morgan fingerprint density at radius 3 is 3.00 bits per heavy atom. The molecule has 2 radical (unpaired) electrons. The van der Waals surface area contributed by atoms with Gasteiger partial charge in [-0.3, -0.25) is 0 Å². The molecule has 1 aliphatic heterocycles. The number of anilines is 2. The summed E-state index contributed by atoms with van der Waals surface area (Å²) in [5, 5.41) is 12.3. The van der Waals surface area contributed by atoms with Crippen molar-refractivity contribution < 1.29 is 5.21 Å². The number of benzene rings is 1. The van der Waals surface area contributed by atoms with Crippen LogP contribution in [0.1, 0.15) is 0 Å². The summed E-state index contributed by atoms with van der Waals surface area (Å²) in [4.78, 5) is 6.19. The van der Waals surface area contributed by atoms with Crippen molar-refractivity contribution in [3.05, 3.63) is 30.5 Å². The van der Waals surface area contributed by atoms with E-state index in [1.54, 1.807) is 6.20 Å².